The topological polar surface area (TPSA) is 26.3 Å². The van der Waals surface area contributed by atoms with E-state index in [1.165, 1.54) is 18.7 Å². The number of methoxy groups -OCH3 is 1. The summed E-state index contributed by atoms with van der Waals surface area (Å²) in [6.07, 6.45) is 3.17. The van der Waals surface area contributed by atoms with E-state index in [4.69, 9.17) is 0 Å². The van der Waals surface area contributed by atoms with Gasteiger partial charge in [0.1, 0.15) is 0 Å². The molecular formula is C11H11IO2. The molecule has 14 heavy (non-hydrogen) atoms. The maximum Gasteiger partial charge on any atom is 0.330 e. The predicted octanol–water partition coefficient (Wildman–Crippen LogP) is 2.81. The van der Waals surface area contributed by atoms with E-state index >= 15 is 0 Å². The van der Waals surface area contributed by atoms with Crippen molar-refractivity contribution in [3.63, 3.8) is 0 Å². The lowest BCUT2D eigenvalue weighted by molar-refractivity contribution is -0.134. The highest BCUT2D eigenvalue weighted by molar-refractivity contribution is 14.1. The van der Waals surface area contributed by atoms with E-state index < -0.39 is 0 Å². The number of hydrogen-bond acceptors (Lipinski definition) is 2. The van der Waals surface area contributed by atoms with E-state index in [0.717, 1.165) is 9.99 Å². The Morgan fingerprint density at radius 3 is 3.00 bits per heavy atom. The summed E-state index contributed by atoms with van der Waals surface area (Å²) in [7, 11) is 1.37. The van der Waals surface area contributed by atoms with Crippen LogP contribution < -0.4 is 0 Å². The van der Waals surface area contributed by atoms with Crippen LogP contribution in [0.25, 0.3) is 6.08 Å². The average molecular weight is 302 g/mol. The van der Waals surface area contributed by atoms with Crippen LogP contribution in [-0.4, -0.2) is 13.1 Å². The number of rotatable bonds is 3. The van der Waals surface area contributed by atoms with Crippen LogP contribution in [0.4, 0.5) is 0 Å². The fourth-order valence-electron chi connectivity index (χ4n) is 1.01. The van der Waals surface area contributed by atoms with Gasteiger partial charge in [-0.15, -0.1) is 0 Å². The van der Waals surface area contributed by atoms with Crippen LogP contribution in [0.3, 0.4) is 0 Å². The molecule has 0 unspecified atom stereocenters. The first-order chi connectivity index (χ1) is 6.76. The van der Waals surface area contributed by atoms with Gasteiger partial charge in [-0.25, -0.2) is 4.79 Å². The van der Waals surface area contributed by atoms with E-state index in [0.29, 0.717) is 0 Å². The number of esters is 1. The van der Waals surface area contributed by atoms with Gasteiger partial charge in [-0.1, -0.05) is 46.9 Å². The largest absolute Gasteiger partial charge is 0.466 e. The maximum absolute atomic E-state index is 10.8. The molecule has 1 aromatic rings. The Morgan fingerprint density at radius 2 is 2.36 bits per heavy atom. The summed E-state index contributed by atoms with van der Waals surface area (Å²) < 4.78 is 5.47. The van der Waals surface area contributed by atoms with Gasteiger partial charge in [0.25, 0.3) is 0 Å². The quantitative estimate of drug-likeness (QED) is 0.371. The monoisotopic (exact) mass is 302 g/mol. The van der Waals surface area contributed by atoms with Crippen molar-refractivity contribution in [3.8, 4) is 0 Å². The minimum absolute atomic E-state index is 0.329. The molecule has 1 aromatic carbocycles. The number of halogens is 1. The fraction of sp³-hybridized carbons (Fsp3) is 0.182. The van der Waals surface area contributed by atoms with Crippen molar-refractivity contribution in [2.45, 2.75) is 4.43 Å². The zero-order valence-corrected chi connectivity index (χ0v) is 10.0. The zero-order valence-electron chi connectivity index (χ0n) is 7.87. The standard InChI is InChI=1S/C11H11IO2/c1-14-11(13)6-5-9-3-2-4-10(7-9)8-12/h2-7H,8H2,1H3/b6-5+. The lowest BCUT2D eigenvalue weighted by atomic mass is 10.1. The minimum Gasteiger partial charge on any atom is -0.466 e. The van der Waals surface area contributed by atoms with E-state index in [2.05, 4.69) is 33.4 Å². The van der Waals surface area contributed by atoms with Crippen LogP contribution in [0.5, 0.6) is 0 Å². The highest BCUT2D eigenvalue weighted by atomic mass is 127. The summed E-state index contributed by atoms with van der Waals surface area (Å²) in [6, 6.07) is 8.04. The number of carbonyl (C=O) groups is 1. The number of hydrogen-bond donors (Lipinski definition) is 0. The first kappa shape index (κ1) is 11.2. The van der Waals surface area contributed by atoms with Gasteiger partial charge in [-0.05, 0) is 17.2 Å². The highest BCUT2D eigenvalue weighted by Gasteiger charge is 1.93. The van der Waals surface area contributed by atoms with Crippen molar-refractivity contribution >= 4 is 34.6 Å². The molecule has 0 saturated heterocycles. The van der Waals surface area contributed by atoms with E-state index in [-0.39, 0.29) is 5.97 Å². The summed E-state index contributed by atoms with van der Waals surface area (Å²) in [5.41, 5.74) is 2.27. The third-order valence-electron chi connectivity index (χ3n) is 1.72. The third-order valence-corrected chi connectivity index (χ3v) is 2.60. The Hall–Kier alpha value is -0.840. The summed E-state index contributed by atoms with van der Waals surface area (Å²) in [6.45, 7) is 0. The molecule has 0 bridgehead atoms. The smallest absolute Gasteiger partial charge is 0.330 e. The van der Waals surface area contributed by atoms with Crippen molar-refractivity contribution in [2.24, 2.45) is 0 Å². The Bertz CT molecular complexity index is 345. The molecule has 0 atom stereocenters. The second kappa shape index (κ2) is 5.80. The zero-order chi connectivity index (χ0) is 10.4. The molecule has 1 rings (SSSR count). The first-order valence-electron chi connectivity index (χ1n) is 4.17. The number of benzene rings is 1. The highest BCUT2D eigenvalue weighted by Crippen LogP contribution is 2.10. The third kappa shape index (κ3) is 3.49. The van der Waals surface area contributed by atoms with Gasteiger partial charge >= 0.3 is 5.97 Å². The summed E-state index contributed by atoms with van der Waals surface area (Å²) in [5.74, 6) is -0.329. The molecule has 0 aromatic heterocycles. The van der Waals surface area contributed by atoms with E-state index in [1.54, 1.807) is 6.08 Å². The van der Waals surface area contributed by atoms with Crippen molar-refractivity contribution in [1.82, 2.24) is 0 Å². The van der Waals surface area contributed by atoms with E-state index in [9.17, 15) is 4.79 Å². The molecule has 0 saturated carbocycles. The Balaban J connectivity index is 2.76. The minimum atomic E-state index is -0.329. The lowest BCUT2D eigenvalue weighted by Crippen LogP contribution is -1.93. The van der Waals surface area contributed by atoms with Crippen LogP contribution in [0, 0.1) is 0 Å². The Morgan fingerprint density at radius 1 is 1.57 bits per heavy atom. The first-order valence-corrected chi connectivity index (χ1v) is 5.69. The van der Waals surface area contributed by atoms with Gasteiger partial charge in [0, 0.05) is 10.5 Å². The molecule has 0 aliphatic rings. The molecule has 74 valence electrons. The number of alkyl halides is 1. The molecule has 3 heteroatoms. The van der Waals surface area contributed by atoms with Gasteiger partial charge < -0.3 is 4.74 Å². The second-order valence-electron chi connectivity index (χ2n) is 2.74. The van der Waals surface area contributed by atoms with Gasteiger partial charge in [0.2, 0.25) is 0 Å². The van der Waals surface area contributed by atoms with Gasteiger partial charge in [-0.3, -0.25) is 0 Å². The number of carbonyl (C=O) groups excluding carboxylic acids is 1. The Kier molecular flexibility index (Phi) is 4.65. The molecule has 0 aliphatic carbocycles. The maximum atomic E-state index is 10.8. The fourth-order valence-corrected chi connectivity index (χ4v) is 1.49. The molecule has 0 radical (unpaired) electrons. The number of ether oxygens (including phenoxy) is 1. The second-order valence-corrected chi connectivity index (χ2v) is 3.50. The summed E-state index contributed by atoms with van der Waals surface area (Å²) >= 11 is 2.30. The van der Waals surface area contributed by atoms with Crippen LogP contribution in [0.1, 0.15) is 11.1 Å². The average Bonchev–Trinajstić information content (AvgIpc) is 2.26. The summed E-state index contributed by atoms with van der Waals surface area (Å²) in [4.78, 5) is 10.8. The molecule has 0 spiro atoms. The normalized spacial score (nSPS) is 10.4. The molecule has 0 heterocycles. The summed E-state index contributed by atoms with van der Waals surface area (Å²) in [5, 5.41) is 0. The lowest BCUT2D eigenvalue weighted by Gasteiger charge is -1.97. The van der Waals surface area contributed by atoms with Crippen LogP contribution in [0.15, 0.2) is 30.3 Å². The van der Waals surface area contributed by atoms with Gasteiger partial charge in [0.15, 0.2) is 0 Å². The molecule has 0 amide bonds. The molecule has 0 fully saturated rings. The molecular weight excluding hydrogens is 291 g/mol. The Labute approximate surface area is 97.1 Å². The van der Waals surface area contributed by atoms with E-state index in [1.807, 2.05) is 18.2 Å². The SMILES string of the molecule is COC(=O)/C=C/c1cccc(CI)c1. The predicted molar refractivity (Wildman–Crippen MR) is 65.2 cm³/mol. The van der Waals surface area contributed by atoms with Gasteiger partial charge in [-0.2, -0.15) is 0 Å². The van der Waals surface area contributed by atoms with Crippen molar-refractivity contribution in [2.75, 3.05) is 7.11 Å². The molecule has 0 N–H and O–H groups in total. The van der Waals surface area contributed by atoms with Crippen molar-refractivity contribution in [3.05, 3.63) is 41.5 Å². The van der Waals surface area contributed by atoms with Crippen molar-refractivity contribution < 1.29 is 9.53 Å². The van der Waals surface area contributed by atoms with Crippen LogP contribution in [-0.2, 0) is 14.0 Å². The van der Waals surface area contributed by atoms with Crippen LogP contribution in [0.2, 0.25) is 0 Å². The van der Waals surface area contributed by atoms with Gasteiger partial charge in [0.05, 0.1) is 7.11 Å². The molecule has 0 aliphatic heterocycles. The van der Waals surface area contributed by atoms with Crippen molar-refractivity contribution in [1.29, 1.82) is 0 Å². The van der Waals surface area contributed by atoms with Crippen LogP contribution >= 0.6 is 22.6 Å². The molecule has 2 nitrogen and oxygen atoms in total.